The molecular weight excluding hydrogens is 576 g/mol. The van der Waals surface area contributed by atoms with Gasteiger partial charge in [0.05, 0.1) is 0 Å². The number of fused-ring (bicyclic) bond motifs is 4. The van der Waals surface area contributed by atoms with Crippen molar-refractivity contribution in [3.63, 3.8) is 0 Å². The molecule has 4 heteroatoms. The molecule has 7 aromatic carbocycles. The topological polar surface area (TPSA) is 42.4 Å². The van der Waals surface area contributed by atoms with Crippen molar-refractivity contribution >= 4 is 50.1 Å². The fraction of sp³-hybridized carbons (Fsp3) is 0. The predicted molar refractivity (Wildman–Crippen MR) is 192 cm³/mol. The maximum absolute atomic E-state index is 6.35. The lowest BCUT2D eigenvalue weighted by Gasteiger charge is -2.26. The second kappa shape index (κ2) is 11.2. The van der Waals surface area contributed by atoms with Crippen LogP contribution in [0.1, 0.15) is 0 Å². The number of furan rings is 1. The van der Waals surface area contributed by atoms with Crippen LogP contribution < -0.4 is 4.90 Å². The van der Waals surface area contributed by atoms with Crippen LogP contribution in [0.2, 0.25) is 0 Å². The van der Waals surface area contributed by atoms with Gasteiger partial charge in [0.2, 0.25) is 5.89 Å². The number of anilines is 3. The van der Waals surface area contributed by atoms with E-state index in [4.69, 9.17) is 13.8 Å². The van der Waals surface area contributed by atoms with Crippen LogP contribution in [0.3, 0.4) is 0 Å². The van der Waals surface area contributed by atoms with E-state index >= 15 is 0 Å². The SMILES string of the molecule is c1ccc(-c2ccc(N(c3ccc(-c4nc5ccccc5o4)cc3)c3ccc(-c4cccc5c4oc4ccccc45)cc3)cc2)cc1. The van der Waals surface area contributed by atoms with Gasteiger partial charge >= 0.3 is 0 Å². The summed E-state index contributed by atoms with van der Waals surface area (Å²) in [5.41, 5.74) is 12.1. The van der Waals surface area contributed by atoms with Gasteiger partial charge in [-0.2, -0.15) is 0 Å². The van der Waals surface area contributed by atoms with Gasteiger partial charge in [0.1, 0.15) is 16.7 Å². The molecule has 2 aromatic heterocycles. The third-order valence-electron chi connectivity index (χ3n) is 8.74. The first-order chi connectivity index (χ1) is 23.3. The summed E-state index contributed by atoms with van der Waals surface area (Å²) in [5.74, 6) is 0.612. The van der Waals surface area contributed by atoms with Crippen LogP contribution in [-0.2, 0) is 0 Å². The summed E-state index contributed by atoms with van der Waals surface area (Å²) < 4.78 is 12.4. The Kier molecular flexibility index (Phi) is 6.43. The van der Waals surface area contributed by atoms with E-state index in [1.807, 2.05) is 42.5 Å². The number of aromatic nitrogens is 1. The third kappa shape index (κ3) is 4.84. The highest BCUT2D eigenvalue weighted by atomic mass is 16.3. The van der Waals surface area contributed by atoms with E-state index in [0.717, 1.165) is 66.8 Å². The first-order valence-electron chi connectivity index (χ1n) is 15.7. The largest absolute Gasteiger partial charge is 0.455 e. The summed E-state index contributed by atoms with van der Waals surface area (Å²) in [7, 11) is 0. The zero-order valence-electron chi connectivity index (χ0n) is 25.4. The van der Waals surface area contributed by atoms with Gasteiger partial charge in [-0.1, -0.05) is 103 Å². The van der Waals surface area contributed by atoms with Crippen molar-refractivity contribution in [2.24, 2.45) is 0 Å². The van der Waals surface area contributed by atoms with Gasteiger partial charge in [0, 0.05) is 39.0 Å². The average molecular weight is 605 g/mol. The molecule has 0 saturated carbocycles. The number of hydrogen-bond donors (Lipinski definition) is 0. The fourth-order valence-corrected chi connectivity index (χ4v) is 6.39. The van der Waals surface area contributed by atoms with E-state index in [2.05, 4.69) is 132 Å². The van der Waals surface area contributed by atoms with Crippen molar-refractivity contribution in [1.29, 1.82) is 0 Å². The zero-order chi connectivity index (χ0) is 31.2. The summed E-state index contributed by atoms with van der Waals surface area (Å²) >= 11 is 0. The molecule has 2 heterocycles. The van der Waals surface area contributed by atoms with Crippen LogP contribution in [0.5, 0.6) is 0 Å². The minimum atomic E-state index is 0.612. The Morgan fingerprint density at radius 3 is 1.64 bits per heavy atom. The summed E-state index contributed by atoms with van der Waals surface area (Å²) in [6.07, 6.45) is 0. The molecule has 0 saturated heterocycles. The molecule has 0 aliphatic heterocycles. The molecule has 0 unspecified atom stereocenters. The highest BCUT2D eigenvalue weighted by molar-refractivity contribution is 6.09. The molecular formula is C43H28N2O2. The summed E-state index contributed by atoms with van der Waals surface area (Å²) in [6.45, 7) is 0. The minimum absolute atomic E-state index is 0.612. The van der Waals surface area contributed by atoms with Crippen molar-refractivity contribution < 1.29 is 8.83 Å². The quantitative estimate of drug-likeness (QED) is 0.189. The number of hydrogen-bond acceptors (Lipinski definition) is 4. The highest BCUT2D eigenvalue weighted by Crippen LogP contribution is 2.40. The Morgan fingerprint density at radius 2 is 0.936 bits per heavy atom. The lowest BCUT2D eigenvalue weighted by Crippen LogP contribution is -2.09. The molecule has 0 radical (unpaired) electrons. The van der Waals surface area contributed by atoms with Crippen LogP contribution in [0.15, 0.2) is 179 Å². The lowest BCUT2D eigenvalue weighted by molar-refractivity contribution is 0.620. The molecule has 47 heavy (non-hydrogen) atoms. The van der Waals surface area contributed by atoms with Gasteiger partial charge < -0.3 is 13.7 Å². The van der Waals surface area contributed by atoms with E-state index < -0.39 is 0 Å². The Hall–Kier alpha value is -6.39. The van der Waals surface area contributed by atoms with E-state index in [1.54, 1.807) is 0 Å². The first kappa shape index (κ1) is 27.0. The standard InChI is InChI=1S/C43H28N2O2/c1-2-9-29(10-3-1)30-17-23-33(24-18-30)45(35-27-21-32(22-28-35)43-44-39-14-5-7-16-41(39)47-43)34-25-19-31(20-26-34)36-12-8-13-38-37-11-4-6-15-40(37)46-42(36)38/h1-28H. The molecule has 9 aromatic rings. The fourth-order valence-electron chi connectivity index (χ4n) is 6.39. The maximum atomic E-state index is 6.35. The van der Waals surface area contributed by atoms with Crippen molar-refractivity contribution in [2.45, 2.75) is 0 Å². The molecule has 222 valence electrons. The first-order valence-corrected chi connectivity index (χ1v) is 15.7. The lowest BCUT2D eigenvalue weighted by atomic mass is 10.0. The van der Waals surface area contributed by atoms with Crippen molar-refractivity contribution in [3.05, 3.63) is 170 Å². The Morgan fingerprint density at radius 1 is 0.383 bits per heavy atom. The number of benzene rings is 7. The van der Waals surface area contributed by atoms with Crippen LogP contribution in [0.25, 0.3) is 66.7 Å². The second-order valence-electron chi connectivity index (χ2n) is 11.6. The Balaban J connectivity index is 1.11. The number of nitrogens with zero attached hydrogens (tertiary/aromatic N) is 2. The van der Waals surface area contributed by atoms with Gasteiger partial charge in [-0.15, -0.1) is 0 Å². The van der Waals surface area contributed by atoms with E-state index in [0.29, 0.717) is 5.89 Å². The number of rotatable bonds is 6. The highest BCUT2D eigenvalue weighted by Gasteiger charge is 2.16. The molecule has 0 N–H and O–H groups in total. The number of oxazole rings is 1. The monoisotopic (exact) mass is 604 g/mol. The van der Waals surface area contributed by atoms with E-state index in [-0.39, 0.29) is 0 Å². The third-order valence-corrected chi connectivity index (χ3v) is 8.74. The van der Waals surface area contributed by atoms with Crippen molar-refractivity contribution in [3.8, 4) is 33.7 Å². The second-order valence-corrected chi connectivity index (χ2v) is 11.6. The molecule has 9 rings (SSSR count). The minimum Gasteiger partial charge on any atom is -0.455 e. The molecule has 0 aliphatic carbocycles. The van der Waals surface area contributed by atoms with E-state index in [1.165, 1.54) is 11.1 Å². The number of para-hydroxylation sites is 4. The Bertz CT molecular complexity index is 2460. The molecule has 0 bridgehead atoms. The molecule has 4 nitrogen and oxygen atoms in total. The molecule has 0 atom stereocenters. The van der Waals surface area contributed by atoms with Gasteiger partial charge in [-0.3, -0.25) is 0 Å². The van der Waals surface area contributed by atoms with Gasteiger partial charge in [0.25, 0.3) is 0 Å². The van der Waals surface area contributed by atoms with Gasteiger partial charge in [0.15, 0.2) is 5.58 Å². The summed E-state index contributed by atoms with van der Waals surface area (Å²) in [5, 5.41) is 2.26. The molecule has 0 aliphatic rings. The molecule has 0 amide bonds. The summed E-state index contributed by atoms with van der Waals surface area (Å²) in [6, 6.07) is 58.7. The Labute approximate surface area is 271 Å². The van der Waals surface area contributed by atoms with Crippen molar-refractivity contribution in [1.82, 2.24) is 4.98 Å². The smallest absolute Gasteiger partial charge is 0.227 e. The molecule has 0 fully saturated rings. The van der Waals surface area contributed by atoms with Crippen molar-refractivity contribution in [2.75, 3.05) is 4.90 Å². The molecule has 0 spiro atoms. The predicted octanol–water partition coefficient (Wildman–Crippen LogP) is 12.2. The van der Waals surface area contributed by atoms with Crippen LogP contribution >= 0.6 is 0 Å². The normalized spacial score (nSPS) is 11.4. The maximum Gasteiger partial charge on any atom is 0.227 e. The van der Waals surface area contributed by atoms with Gasteiger partial charge in [-0.05, 0) is 83.4 Å². The van der Waals surface area contributed by atoms with Gasteiger partial charge in [-0.25, -0.2) is 4.98 Å². The zero-order valence-corrected chi connectivity index (χ0v) is 25.4. The average Bonchev–Trinajstić information content (AvgIpc) is 3.75. The van der Waals surface area contributed by atoms with E-state index in [9.17, 15) is 0 Å². The van der Waals surface area contributed by atoms with Crippen LogP contribution in [0, 0.1) is 0 Å². The van der Waals surface area contributed by atoms with Crippen LogP contribution in [0.4, 0.5) is 17.1 Å². The van der Waals surface area contributed by atoms with Crippen LogP contribution in [-0.4, -0.2) is 4.98 Å². The summed E-state index contributed by atoms with van der Waals surface area (Å²) in [4.78, 5) is 6.97.